The second-order valence-corrected chi connectivity index (χ2v) is 6.61. The van der Waals surface area contributed by atoms with Crippen molar-refractivity contribution in [2.75, 3.05) is 19.4 Å². The number of hydrogen-bond donors (Lipinski definition) is 2. The van der Waals surface area contributed by atoms with E-state index in [-0.39, 0.29) is 11.8 Å². The van der Waals surface area contributed by atoms with Gasteiger partial charge < -0.3 is 15.2 Å². The average Bonchev–Trinajstić information content (AvgIpc) is 2.99. The van der Waals surface area contributed by atoms with Crippen LogP contribution >= 0.6 is 23.2 Å². The van der Waals surface area contributed by atoms with Crippen molar-refractivity contribution in [2.45, 2.75) is 0 Å². The molecule has 0 aliphatic heterocycles. The van der Waals surface area contributed by atoms with Gasteiger partial charge in [-0.2, -0.15) is 0 Å². The molecule has 1 aromatic heterocycles. The van der Waals surface area contributed by atoms with Crippen LogP contribution in [0.25, 0.3) is 10.9 Å². The maximum Gasteiger partial charge on any atom is 0.272 e. The number of benzene rings is 2. The Morgan fingerprint density at radius 1 is 1.04 bits per heavy atom. The number of rotatable bonds is 3. The normalized spacial score (nSPS) is 10.7. The highest BCUT2D eigenvalue weighted by atomic mass is 35.5. The molecule has 128 valence electrons. The lowest BCUT2D eigenvalue weighted by Gasteiger charge is -2.13. The summed E-state index contributed by atoms with van der Waals surface area (Å²) in [5, 5.41) is 4.57. The molecule has 2 amide bonds. The second kappa shape index (κ2) is 6.78. The number of fused-ring (bicyclic) bond motifs is 1. The van der Waals surface area contributed by atoms with Crippen molar-refractivity contribution in [1.82, 2.24) is 9.88 Å². The van der Waals surface area contributed by atoms with Gasteiger partial charge in [-0.3, -0.25) is 9.59 Å². The number of carbonyl (C=O) groups is 2. The second-order valence-electron chi connectivity index (χ2n) is 5.76. The molecule has 3 aromatic rings. The zero-order valence-electron chi connectivity index (χ0n) is 13.6. The molecular weight excluding hydrogens is 361 g/mol. The highest BCUT2D eigenvalue weighted by molar-refractivity contribution is 6.34. The molecule has 2 N–H and O–H groups in total. The molecule has 0 bridgehead atoms. The van der Waals surface area contributed by atoms with Crippen LogP contribution < -0.4 is 5.32 Å². The number of halogens is 2. The third-order valence-electron chi connectivity index (χ3n) is 3.69. The summed E-state index contributed by atoms with van der Waals surface area (Å²) in [7, 11) is 3.28. The third kappa shape index (κ3) is 3.62. The summed E-state index contributed by atoms with van der Waals surface area (Å²) in [6, 6.07) is 11.9. The SMILES string of the molecule is CN(C)C(=O)c1cc(NC(=O)c2cc3ccc(Cl)cc3[nH]2)ccc1Cl. The number of aromatic nitrogens is 1. The first kappa shape index (κ1) is 17.3. The number of amides is 2. The number of nitrogens with one attached hydrogen (secondary N) is 2. The fourth-order valence-electron chi connectivity index (χ4n) is 2.43. The van der Waals surface area contributed by atoms with E-state index in [1.807, 2.05) is 6.07 Å². The van der Waals surface area contributed by atoms with Crippen LogP contribution in [-0.4, -0.2) is 35.8 Å². The minimum atomic E-state index is -0.321. The molecule has 0 atom stereocenters. The average molecular weight is 376 g/mol. The quantitative estimate of drug-likeness (QED) is 0.710. The van der Waals surface area contributed by atoms with Crippen LogP contribution in [0.3, 0.4) is 0 Å². The number of nitrogens with zero attached hydrogens (tertiary/aromatic N) is 1. The zero-order chi connectivity index (χ0) is 18.1. The molecule has 5 nitrogen and oxygen atoms in total. The smallest absolute Gasteiger partial charge is 0.272 e. The van der Waals surface area contributed by atoms with Gasteiger partial charge in [-0.25, -0.2) is 0 Å². The maximum absolute atomic E-state index is 12.5. The molecular formula is C18H15Cl2N3O2. The van der Waals surface area contributed by atoms with E-state index in [0.29, 0.717) is 27.0 Å². The first-order chi connectivity index (χ1) is 11.8. The highest BCUT2D eigenvalue weighted by Gasteiger charge is 2.15. The van der Waals surface area contributed by atoms with Gasteiger partial charge in [-0.1, -0.05) is 29.3 Å². The van der Waals surface area contributed by atoms with Crippen LogP contribution in [0.5, 0.6) is 0 Å². The van der Waals surface area contributed by atoms with Gasteiger partial charge in [0.1, 0.15) is 5.69 Å². The molecule has 0 saturated heterocycles. The lowest BCUT2D eigenvalue weighted by Crippen LogP contribution is -2.22. The van der Waals surface area contributed by atoms with E-state index in [1.165, 1.54) is 4.90 Å². The summed E-state index contributed by atoms with van der Waals surface area (Å²) < 4.78 is 0. The fraction of sp³-hybridized carbons (Fsp3) is 0.111. The summed E-state index contributed by atoms with van der Waals surface area (Å²) in [5.41, 5.74) is 1.98. The molecule has 3 rings (SSSR count). The molecule has 25 heavy (non-hydrogen) atoms. The molecule has 0 radical (unpaired) electrons. The van der Waals surface area contributed by atoms with E-state index in [9.17, 15) is 9.59 Å². The van der Waals surface area contributed by atoms with Crippen LogP contribution in [0.2, 0.25) is 10.0 Å². The minimum absolute atomic E-state index is 0.235. The van der Waals surface area contributed by atoms with Gasteiger partial charge in [0.2, 0.25) is 0 Å². The maximum atomic E-state index is 12.5. The van der Waals surface area contributed by atoms with Gasteiger partial charge in [0.15, 0.2) is 0 Å². The minimum Gasteiger partial charge on any atom is -0.350 e. The first-order valence-electron chi connectivity index (χ1n) is 7.46. The van der Waals surface area contributed by atoms with E-state index in [0.717, 1.165) is 10.9 Å². The van der Waals surface area contributed by atoms with Gasteiger partial charge in [0, 0.05) is 35.7 Å². The van der Waals surface area contributed by atoms with Crippen molar-refractivity contribution in [3.63, 3.8) is 0 Å². The summed E-state index contributed by atoms with van der Waals surface area (Å²) in [5.74, 6) is -0.556. The summed E-state index contributed by atoms with van der Waals surface area (Å²) >= 11 is 12.0. The van der Waals surface area contributed by atoms with E-state index < -0.39 is 0 Å². The molecule has 7 heteroatoms. The molecule has 0 aliphatic carbocycles. The zero-order valence-corrected chi connectivity index (χ0v) is 15.1. The molecule has 0 fully saturated rings. The lowest BCUT2D eigenvalue weighted by atomic mass is 10.1. The Balaban J connectivity index is 1.87. The van der Waals surface area contributed by atoms with Gasteiger partial charge in [0.05, 0.1) is 10.6 Å². The number of aromatic amines is 1. The van der Waals surface area contributed by atoms with Crippen LogP contribution in [0.15, 0.2) is 42.5 Å². The number of carbonyl (C=O) groups excluding carboxylic acids is 2. The predicted molar refractivity (Wildman–Crippen MR) is 101 cm³/mol. The van der Waals surface area contributed by atoms with Crippen LogP contribution in [0.1, 0.15) is 20.8 Å². The van der Waals surface area contributed by atoms with Crippen LogP contribution in [-0.2, 0) is 0 Å². The Morgan fingerprint density at radius 3 is 2.52 bits per heavy atom. The summed E-state index contributed by atoms with van der Waals surface area (Å²) in [6.45, 7) is 0. The van der Waals surface area contributed by atoms with E-state index in [4.69, 9.17) is 23.2 Å². The topological polar surface area (TPSA) is 65.2 Å². The fourth-order valence-corrected chi connectivity index (χ4v) is 2.80. The number of anilines is 1. The van der Waals surface area contributed by atoms with Gasteiger partial charge in [-0.15, -0.1) is 0 Å². The number of H-pyrrole nitrogens is 1. The molecule has 1 heterocycles. The summed E-state index contributed by atoms with van der Waals surface area (Å²) in [4.78, 5) is 29.0. The first-order valence-corrected chi connectivity index (χ1v) is 8.21. The Labute approximate surface area is 154 Å². The monoisotopic (exact) mass is 375 g/mol. The molecule has 0 aliphatic rings. The molecule has 2 aromatic carbocycles. The van der Waals surface area contributed by atoms with Gasteiger partial charge in [0.25, 0.3) is 11.8 Å². The number of hydrogen-bond acceptors (Lipinski definition) is 2. The largest absolute Gasteiger partial charge is 0.350 e. The van der Waals surface area contributed by atoms with Gasteiger partial charge >= 0.3 is 0 Å². The molecule has 0 saturated carbocycles. The third-order valence-corrected chi connectivity index (χ3v) is 4.25. The van der Waals surface area contributed by atoms with Crippen molar-refractivity contribution < 1.29 is 9.59 Å². The van der Waals surface area contributed by atoms with Crippen molar-refractivity contribution in [3.05, 3.63) is 63.8 Å². The highest BCUT2D eigenvalue weighted by Crippen LogP contribution is 2.23. The van der Waals surface area contributed by atoms with Crippen molar-refractivity contribution in [1.29, 1.82) is 0 Å². The Kier molecular flexibility index (Phi) is 4.70. The van der Waals surface area contributed by atoms with Gasteiger partial charge in [-0.05, 0) is 36.4 Å². The molecule has 0 unspecified atom stereocenters. The van der Waals surface area contributed by atoms with Crippen molar-refractivity contribution in [2.24, 2.45) is 0 Å². The predicted octanol–water partition coefficient (Wildman–Crippen LogP) is 4.43. The Bertz CT molecular complexity index is 980. The summed E-state index contributed by atoms with van der Waals surface area (Å²) in [6.07, 6.45) is 0. The standard InChI is InChI=1S/C18H15Cl2N3O2/c1-23(2)18(25)13-9-12(5-6-14(13)20)21-17(24)16-7-10-3-4-11(19)8-15(10)22-16/h3-9,22H,1-2H3,(H,21,24). The lowest BCUT2D eigenvalue weighted by molar-refractivity contribution is 0.0827. The van der Waals surface area contributed by atoms with E-state index >= 15 is 0 Å². The van der Waals surface area contributed by atoms with Crippen LogP contribution in [0, 0.1) is 0 Å². The van der Waals surface area contributed by atoms with Crippen molar-refractivity contribution >= 4 is 51.6 Å². The van der Waals surface area contributed by atoms with Crippen molar-refractivity contribution in [3.8, 4) is 0 Å². The molecule has 0 spiro atoms. The van der Waals surface area contributed by atoms with E-state index in [1.54, 1.807) is 50.5 Å². The Morgan fingerprint density at radius 2 is 1.80 bits per heavy atom. The van der Waals surface area contributed by atoms with Crippen LogP contribution in [0.4, 0.5) is 5.69 Å². The Hall–Kier alpha value is -2.50. The van der Waals surface area contributed by atoms with E-state index in [2.05, 4.69) is 10.3 Å².